The van der Waals surface area contributed by atoms with Gasteiger partial charge in [0.2, 0.25) is 5.91 Å². The van der Waals surface area contributed by atoms with E-state index in [0.29, 0.717) is 11.4 Å². The van der Waals surface area contributed by atoms with Gasteiger partial charge in [-0.05, 0) is 0 Å². The maximum atomic E-state index is 11.3. The zero-order chi connectivity index (χ0) is 15.4. The van der Waals surface area contributed by atoms with Gasteiger partial charge in [0, 0.05) is 11.1 Å². The lowest BCUT2D eigenvalue weighted by Gasteiger charge is -2.09. The number of amides is 1. The minimum atomic E-state index is -0.418. The summed E-state index contributed by atoms with van der Waals surface area (Å²) in [6.07, 6.45) is 1.76. The van der Waals surface area contributed by atoms with Crippen molar-refractivity contribution in [3.63, 3.8) is 0 Å². The number of nitrogens with zero attached hydrogens (tertiary/aromatic N) is 2. The van der Waals surface area contributed by atoms with Gasteiger partial charge in [-0.1, -0.05) is 60.7 Å². The van der Waals surface area contributed by atoms with Gasteiger partial charge in [0.15, 0.2) is 0 Å². The molecule has 0 atom stereocenters. The first kappa shape index (κ1) is 13.9. The lowest BCUT2D eigenvalue weighted by molar-refractivity contribution is -0.117. The highest BCUT2D eigenvalue weighted by Gasteiger charge is 2.12. The molecule has 0 radical (unpaired) electrons. The van der Waals surface area contributed by atoms with Crippen molar-refractivity contribution in [3.05, 3.63) is 72.6 Å². The van der Waals surface area contributed by atoms with Crippen LogP contribution in [0.5, 0.6) is 0 Å². The molecule has 2 aromatic carbocycles. The first-order valence-electron chi connectivity index (χ1n) is 6.99. The average Bonchev–Trinajstić information content (AvgIpc) is 2.56. The molecule has 0 unspecified atom stereocenters. The minimum Gasteiger partial charge on any atom is -0.369 e. The molecule has 0 aliphatic heterocycles. The summed E-state index contributed by atoms with van der Waals surface area (Å²) in [5.74, 6) is -0.418. The smallest absolute Gasteiger partial charge is 0.223 e. The van der Waals surface area contributed by atoms with Crippen LogP contribution in [0.3, 0.4) is 0 Å². The second kappa shape index (κ2) is 6.18. The molecule has 0 aliphatic carbocycles. The molecule has 4 heteroatoms. The molecular formula is C18H15N3O. The van der Waals surface area contributed by atoms with E-state index in [1.54, 1.807) is 6.20 Å². The number of carbonyl (C=O) groups excluding carboxylic acids is 1. The van der Waals surface area contributed by atoms with Gasteiger partial charge in [0.25, 0.3) is 0 Å². The highest BCUT2D eigenvalue weighted by molar-refractivity contribution is 5.79. The van der Waals surface area contributed by atoms with Crippen molar-refractivity contribution in [2.45, 2.75) is 6.42 Å². The van der Waals surface area contributed by atoms with E-state index in [1.807, 2.05) is 60.7 Å². The third-order valence-corrected chi connectivity index (χ3v) is 3.31. The summed E-state index contributed by atoms with van der Waals surface area (Å²) in [4.78, 5) is 20.4. The molecule has 1 heterocycles. The molecule has 0 bridgehead atoms. The van der Waals surface area contributed by atoms with Crippen LogP contribution in [0.4, 0.5) is 0 Å². The van der Waals surface area contributed by atoms with Crippen molar-refractivity contribution in [2.75, 3.05) is 0 Å². The van der Waals surface area contributed by atoms with Crippen LogP contribution in [0.1, 0.15) is 5.69 Å². The Hall–Kier alpha value is -3.01. The maximum Gasteiger partial charge on any atom is 0.223 e. The Labute approximate surface area is 128 Å². The monoisotopic (exact) mass is 289 g/mol. The number of aromatic nitrogens is 2. The third-order valence-electron chi connectivity index (χ3n) is 3.31. The molecule has 0 saturated carbocycles. The number of carbonyl (C=O) groups is 1. The van der Waals surface area contributed by atoms with E-state index >= 15 is 0 Å². The largest absolute Gasteiger partial charge is 0.369 e. The lowest BCUT2D eigenvalue weighted by Crippen LogP contribution is -2.16. The van der Waals surface area contributed by atoms with Crippen LogP contribution in [0, 0.1) is 0 Å². The molecule has 108 valence electrons. The normalized spacial score (nSPS) is 10.4. The molecule has 1 aromatic heterocycles. The summed E-state index contributed by atoms with van der Waals surface area (Å²) in [5.41, 5.74) is 9.28. The van der Waals surface area contributed by atoms with E-state index in [4.69, 9.17) is 10.7 Å². The van der Waals surface area contributed by atoms with Crippen molar-refractivity contribution in [3.8, 4) is 22.5 Å². The first-order valence-corrected chi connectivity index (χ1v) is 6.99. The maximum absolute atomic E-state index is 11.3. The molecule has 22 heavy (non-hydrogen) atoms. The predicted molar refractivity (Wildman–Crippen MR) is 85.8 cm³/mol. The quantitative estimate of drug-likeness (QED) is 0.803. The number of hydrogen-bond donors (Lipinski definition) is 1. The van der Waals surface area contributed by atoms with E-state index in [-0.39, 0.29) is 6.42 Å². The second-order valence-electron chi connectivity index (χ2n) is 4.93. The molecule has 0 aliphatic rings. The molecule has 3 aromatic rings. The van der Waals surface area contributed by atoms with Crippen molar-refractivity contribution in [2.24, 2.45) is 5.73 Å². The van der Waals surface area contributed by atoms with Crippen molar-refractivity contribution in [1.82, 2.24) is 9.97 Å². The summed E-state index contributed by atoms with van der Waals surface area (Å²) in [5, 5.41) is 0. The second-order valence-corrected chi connectivity index (χ2v) is 4.93. The summed E-state index contributed by atoms with van der Waals surface area (Å²) >= 11 is 0. The number of nitrogens with two attached hydrogens (primary N) is 1. The number of rotatable bonds is 4. The van der Waals surface area contributed by atoms with Gasteiger partial charge < -0.3 is 5.73 Å². The minimum absolute atomic E-state index is 0.0757. The third kappa shape index (κ3) is 3.01. The lowest BCUT2D eigenvalue weighted by atomic mass is 10.1. The Kier molecular flexibility index (Phi) is 3.92. The molecule has 0 saturated heterocycles. The van der Waals surface area contributed by atoms with Gasteiger partial charge in [-0.25, -0.2) is 4.98 Å². The van der Waals surface area contributed by atoms with E-state index in [9.17, 15) is 4.79 Å². The molecule has 3 rings (SSSR count). The van der Waals surface area contributed by atoms with Gasteiger partial charge >= 0.3 is 0 Å². The van der Waals surface area contributed by atoms with Gasteiger partial charge in [-0.2, -0.15) is 0 Å². The molecule has 0 spiro atoms. The van der Waals surface area contributed by atoms with Crippen LogP contribution in [0.25, 0.3) is 22.5 Å². The molecule has 4 nitrogen and oxygen atoms in total. The van der Waals surface area contributed by atoms with E-state index in [2.05, 4.69) is 4.98 Å². The SMILES string of the molecule is NC(=O)Cc1ncc(-c2ccccc2)nc1-c1ccccc1. The van der Waals surface area contributed by atoms with E-state index in [1.165, 1.54) is 0 Å². The van der Waals surface area contributed by atoms with Crippen LogP contribution in [-0.4, -0.2) is 15.9 Å². The summed E-state index contributed by atoms with van der Waals surface area (Å²) in [6, 6.07) is 19.5. The molecular weight excluding hydrogens is 274 g/mol. The summed E-state index contributed by atoms with van der Waals surface area (Å²) in [7, 11) is 0. The molecule has 0 fully saturated rings. The van der Waals surface area contributed by atoms with Crippen molar-refractivity contribution >= 4 is 5.91 Å². The van der Waals surface area contributed by atoms with Crippen LogP contribution in [0.15, 0.2) is 66.9 Å². The van der Waals surface area contributed by atoms with E-state index < -0.39 is 5.91 Å². The highest BCUT2D eigenvalue weighted by atomic mass is 16.1. The summed E-state index contributed by atoms with van der Waals surface area (Å²) < 4.78 is 0. The van der Waals surface area contributed by atoms with E-state index in [0.717, 1.165) is 16.8 Å². The standard InChI is InChI=1S/C18H15N3O/c19-17(22)11-15-18(14-9-5-2-6-10-14)21-16(12-20-15)13-7-3-1-4-8-13/h1-10,12H,11H2,(H2,19,22). The number of primary amides is 1. The van der Waals surface area contributed by atoms with Crippen LogP contribution >= 0.6 is 0 Å². The topological polar surface area (TPSA) is 68.9 Å². The van der Waals surface area contributed by atoms with Crippen molar-refractivity contribution < 1.29 is 4.79 Å². The van der Waals surface area contributed by atoms with Crippen LogP contribution < -0.4 is 5.73 Å². The molecule has 2 N–H and O–H groups in total. The zero-order valence-corrected chi connectivity index (χ0v) is 11.9. The Balaban J connectivity index is 2.12. The van der Waals surface area contributed by atoms with Gasteiger partial charge in [0.1, 0.15) is 0 Å². The summed E-state index contributed by atoms with van der Waals surface area (Å²) in [6.45, 7) is 0. The average molecular weight is 289 g/mol. The van der Waals surface area contributed by atoms with Crippen molar-refractivity contribution in [1.29, 1.82) is 0 Å². The fraction of sp³-hybridized carbons (Fsp3) is 0.0556. The van der Waals surface area contributed by atoms with Gasteiger partial charge in [0.05, 0.1) is 29.7 Å². The first-order chi connectivity index (χ1) is 10.7. The van der Waals surface area contributed by atoms with Crippen LogP contribution in [-0.2, 0) is 11.2 Å². The van der Waals surface area contributed by atoms with Gasteiger partial charge in [-0.3, -0.25) is 9.78 Å². The Morgan fingerprint density at radius 1 is 0.909 bits per heavy atom. The Morgan fingerprint density at radius 3 is 2.09 bits per heavy atom. The fourth-order valence-electron chi connectivity index (χ4n) is 2.28. The number of benzene rings is 2. The number of hydrogen-bond acceptors (Lipinski definition) is 3. The predicted octanol–water partition coefficient (Wildman–Crippen LogP) is 2.84. The Bertz CT molecular complexity index is 786. The zero-order valence-electron chi connectivity index (χ0n) is 11.9. The fourth-order valence-corrected chi connectivity index (χ4v) is 2.28. The van der Waals surface area contributed by atoms with Crippen LogP contribution in [0.2, 0.25) is 0 Å². The molecule has 1 amide bonds. The van der Waals surface area contributed by atoms with Gasteiger partial charge in [-0.15, -0.1) is 0 Å². The Morgan fingerprint density at radius 2 is 1.50 bits per heavy atom. The highest BCUT2D eigenvalue weighted by Crippen LogP contribution is 2.24.